The van der Waals surface area contributed by atoms with Crippen molar-refractivity contribution < 1.29 is 38.5 Å². The van der Waals surface area contributed by atoms with E-state index in [-0.39, 0.29) is 72.4 Å². The van der Waals surface area contributed by atoms with Crippen LogP contribution in [0.15, 0.2) is 0 Å². The number of rotatable bonds is 7. The molecule has 2 aliphatic heterocycles. The fraction of sp³-hybridized carbons (Fsp3) is 0.879. The first-order valence-electron chi connectivity index (χ1n) is 16.1. The minimum Gasteiger partial charge on any atom is -0.465 e. The van der Waals surface area contributed by atoms with Crippen molar-refractivity contribution >= 4 is 23.6 Å². The third kappa shape index (κ3) is 10.9. The SMILES string of the molecule is CC(O)CC(=O)CCC[C@@H]1[C@@H](C)CC(C)C(=O)OC[C@H](C)CC(C)C(=O)[C@@](C)(OC(=O)N2CC(C)OC(C)C2)C[C@@H]1C. The number of carbonyl (C=O) groups excluding carboxylic acids is 4. The quantitative estimate of drug-likeness (QED) is 0.378. The number of esters is 1. The zero-order valence-corrected chi connectivity index (χ0v) is 27.5. The second-order valence-corrected chi connectivity index (χ2v) is 13.9. The van der Waals surface area contributed by atoms with Crippen LogP contribution in [0.4, 0.5) is 4.79 Å². The van der Waals surface area contributed by atoms with E-state index in [2.05, 4.69) is 13.8 Å². The molecule has 5 unspecified atom stereocenters. The Kier molecular flexibility index (Phi) is 13.9. The van der Waals surface area contributed by atoms with E-state index < -0.39 is 23.7 Å². The van der Waals surface area contributed by atoms with Gasteiger partial charge >= 0.3 is 12.1 Å². The van der Waals surface area contributed by atoms with E-state index in [0.717, 1.165) is 6.42 Å². The van der Waals surface area contributed by atoms with Gasteiger partial charge in [0.05, 0.1) is 43.9 Å². The number of Topliss-reactive ketones (excluding diaryl/α,β-unsaturated/α-hetero) is 2. The highest BCUT2D eigenvalue weighted by Gasteiger charge is 2.45. The number of aliphatic hydroxyl groups is 1. The summed E-state index contributed by atoms with van der Waals surface area (Å²) in [4.78, 5) is 54.4. The van der Waals surface area contributed by atoms with E-state index in [1.807, 2.05) is 34.6 Å². The number of aliphatic hydroxyl groups excluding tert-OH is 1. The molecule has 1 amide bonds. The molecule has 2 fully saturated rings. The maximum atomic E-state index is 14.1. The third-order valence-corrected chi connectivity index (χ3v) is 9.04. The lowest BCUT2D eigenvalue weighted by molar-refractivity contribution is -0.151. The Morgan fingerprint density at radius 3 is 2.21 bits per heavy atom. The molecule has 0 spiro atoms. The standard InChI is InChI=1S/C33H57NO8/c1-20-13-22(3)30(37)33(9,42-32(39)34-17-26(7)41-27(8)18-34)16-24(5)29(12-10-11-28(36)15-25(6)35)21(2)14-23(4)31(38)40-19-20/h20-27,29,35H,10-19H2,1-9H3/t20-,21+,22?,23?,24+,25?,26?,27?,29-,33+/m1/s1. The number of carbonyl (C=O) groups is 4. The van der Waals surface area contributed by atoms with Crippen LogP contribution in [-0.4, -0.2) is 77.2 Å². The van der Waals surface area contributed by atoms with E-state index in [9.17, 15) is 24.3 Å². The van der Waals surface area contributed by atoms with Crippen LogP contribution in [0, 0.1) is 35.5 Å². The van der Waals surface area contributed by atoms with E-state index in [0.29, 0.717) is 45.2 Å². The summed E-state index contributed by atoms with van der Waals surface area (Å²) in [6.45, 7) is 18.2. The lowest BCUT2D eigenvalue weighted by atomic mass is 9.71. The maximum absolute atomic E-state index is 14.1. The molecular formula is C33H57NO8. The van der Waals surface area contributed by atoms with E-state index in [1.54, 1.807) is 18.7 Å². The molecule has 0 aliphatic carbocycles. The fourth-order valence-electron chi connectivity index (χ4n) is 7.13. The molecule has 0 aromatic rings. The number of hydrogen-bond acceptors (Lipinski definition) is 8. The minimum absolute atomic E-state index is 0.0222. The fourth-order valence-corrected chi connectivity index (χ4v) is 7.13. The highest BCUT2D eigenvalue weighted by Crippen LogP contribution is 2.39. The van der Waals surface area contributed by atoms with Crippen LogP contribution < -0.4 is 0 Å². The van der Waals surface area contributed by atoms with Gasteiger partial charge in [-0.15, -0.1) is 0 Å². The Morgan fingerprint density at radius 2 is 1.62 bits per heavy atom. The number of cyclic esters (lactones) is 1. The monoisotopic (exact) mass is 595 g/mol. The topological polar surface area (TPSA) is 119 Å². The molecule has 2 aliphatic rings. The van der Waals surface area contributed by atoms with Crippen molar-refractivity contribution in [2.45, 2.75) is 131 Å². The summed E-state index contributed by atoms with van der Waals surface area (Å²) >= 11 is 0. The Morgan fingerprint density at radius 1 is 1.00 bits per heavy atom. The van der Waals surface area contributed by atoms with Gasteiger partial charge in [0.1, 0.15) is 5.78 Å². The zero-order chi connectivity index (χ0) is 31.8. The molecule has 2 rings (SSSR count). The summed E-state index contributed by atoms with van der Waals surface area (Å²) in [6.07, 6.45) is 1.93. The van der Waals surface area contributed by atoms with Gasteiger partial charge in [-0.05, 0) is 83.5 Å². The Bertz CT molecular complexity index is 912. The van der Waals surface area contributed by atoms with Crippen LogP contribution in [0.5, 0.6) is 0 Å². The summed E-state index contributed by atoms with van der Waals surface area (Å²) < 4.78 is 17.6. The van der Waals surface area contributed by atoms with Crippen molar-refractivity contribution in [3.63, 3.8) is 0 Å². The van der Waals surface area contributed by atoms with Crippen LogP contribution in [0.3, 0.4) is 0 Å². The van der Waals surface area contributed by atoms with Gasteiger partial charge in [0.15, 0.2) is 11.4 Å². The van der Waals surface area contributed by atoms with Crippen molar-refractivity contribution in [1.29, 1.82) is 0 Å². The third-order valence-electron chi connectivity index (χ3n) is 9.04. The summed E-state index contributed by atoms with van der Waals surface area (Å²) in [5, 5.41) is 9.59. The van der Waals surface area contributed by atoms with Crippen molar-refractivity contribution in [3.8, 4) is 0 Å². The van der Waals surface area contributed by atoms with Gasteiger partial charge in [0, 0.05) is 18.8 Å². The number of hydrogen-bond donors (Lipinski definition) is 1. The molecule has 0 bridgehead atoms. The van der Waals surface area contributed by atoms with Crippen LogP contribution in [0.25, 0.3) is 0 Å². The molecule has 1 N–H and O–H groups in total. The second kappa shape index (κ2) is 16.2. The molecule has 0 aromatic carbocycles. The molecule has 42 heavy (non-hydrogen) atoms. The number of ketones is 2. The molecular weight excluding hydrogens is 538 g/mol. The van der Waals surface area contributed by atoms with Crippen LogP contribution in [0.1, 0.15) is 107 Å². The van der Waals surface area contributed by atoms with Crippen molar-refractivity contribution in [3.05, 3.63) is 0 Å². The van der Waals surface area contributed by atoms with Gasteiger partial charge in [-0.1, -0.05) is 34.6 Å². The first kappa shape index (κ1) is 36.2. The highest BCUT2D eigenvalue weighted by molar-refractivity contribution is 5.90. The molecule has 10 atom stereocenters. The van der Waals surface area contributed by atoms with E-state index in [1.165, 1.54) is 0 Å². The molecule has 9 heteroatoms. The van der Waals surface area contributed by atoms with Crippen LogP contribution in [0.2, 0.25) is 0 Å². The van der Waals surface area contributed by atoms with Gasteiger partial charge in [-0.25, -0.2) is 4.79 Å². The predicted octanol–water partition coefficient (Wildman–Crippen LogP) is 5.59. The molecule has 9 nitrogen and oxygen atoms in total. The molecule has 0 aromatic heterocycles. The Balaban J connectivity index is 2.37. The summed E-state index contributed by atoms with van der Waals surface area (Å²) in [5.74, 6) is -0.896. The largest absolute Gasteiger partial charge is 0.465 e. The van der Waals surface area contributed by atoms with Gasteiger partial charge in [-0.3, -0.25) is 14.4 Å². The first-order valence-corrected chi connectivity index (χ1v) is 16.1. The predicted molar refractivity (Wildman–Crippen MR) is 161 cm³/mol. The summed E-state index contributed by atoms with van der Waals surface area (Å²) in [7, 11) is 0. The van der Waals surface area contributed by atoms with Gasteiger partial charge < -0.3 is 24.2 Å². The number of ether oxygens (including phenoxy) is 3. The smallest absolute Gasteiger partial charge is 0.410 e. The van der Waals surface area contributed by atoms with Crippen molar-refractivity contribution in [2.24, 2.45) is 35.5 Å². The molecule has 0 radical (unpaired) electrons. The lowest BCUT2D eigenvalue weighted by Crippen LogP contribution is -2.53. The van der Waals surface area contributed by atoms with Gasteiger partial charge in [0.2, 0.25) is 0 Å². The minimum atomic E-state index is -1.34. The van der Waals surface area contributed by atoms with Gasteiger partial charge in [-0.2, -0.15) is 0 Å². The lowest BCUT2D eigenvalue weighted by Gasteiger charge is -2.40. The second-order valence-electron chi connectivity index (χ2n) is 13.9. The Labute approximate surface area is 253 Å². The van der Waals surface area contributed by atoms with Crippen LogP contribution >= 0.6 is 0 Å². The van der Waals surface area contributed by atoms with Crippen molar-refractivity contribution in [1.82, 2.24) is 4.90 Å². The normalized spacial score (nSPS) is 36.5. The summed E-state index contributed by atoms with van der Waals surface area (Å²) in [5.41, 5.74) is -1.34. The highest BCUT2D eigenvalue weighted by atomic mass is 16.6. The Hall–Kier alpha value is -2.00. The molecule has 242 valence electrons. The first-order chi connectivity index (χ1) is 19.5. The van der Waals surface area contributed by atoms with E-state index >= 15 is 0 Å². The number of morpholine rings is 1. The molecule has 2 heterocycles. The maximum Gasteiger partial charge on any atom is 0.410 e. The summed E-state index contributed by atoms with van der Waals surface area (Å²) in [6, 6.07) is 0. The molecule has 2 saturated heterocycles. The zero-order valence-electron chi connectivity index (χ0n) is 27.5. The number of amides is 1. The van der Waals surface area contributed by atoms with Crippen molar-refractivity contribution in [2.75, 3.05) is 19.7 Å². The number of nitrogens with zero attached hydrogens (tertiary/aromatic N) is 1. The molecule has 0 saturated carbocycles. The van der Waals surface area contributed by atoms with E-state index in [4.69, 9.17) is 14.2 Å². The van der Waals surface area contributed by atoms with Gasteiger partial charge in [0.25, 0.3) is 0 Å². The average molecular weight is 596 g/mol. The average Bonchev–Trinajstić information content (AvgIpc) is 2.87. The van der Waals surface area contributed by atoms with Crippen LogP contribution in [-0.2, 0) is 28.6 Å².